The van der Waals surface area contributed by atoms with Crippen molar-refractivity contribution in [2.75, 3.05) is 7.11 Å². The van der Waals surface area contributed by atoms with Crippen LogP contribution in [0.3, 0.4) is 0 Å². The third-order valence-electron chi connectivity index (χ3n) is 2.08. The lowest BCUT2D eigenvalue weighted by atomic mass is 10.2. The van der Waals surface area contributed by atoms with E-state index in [9.17, 15) is 0 Å². The molecule has 1 aromatic carbocycles. The topological polar surface area (TPSA) is 29.5 Å². The Labute approximate surface area is 94.3 Å². The lowest BCUT2D eigenvalue weighted by Gasteiger charge is -2.02. The fraction of sp³-hybridized carbons (Fsp3) is 0.200. The summed E-state index contributed by atoms with van der Waals surface area (Å²) in [5.74, 6) is 0.829. The number of rotatable bonds is 2. The molecule has 1 aromatic heterocycles. The van der Waals surface area contributed by atoms with Crippen LogP contribution in [-0.2, 0) is 6.61 Å². The van der Waals surface area contributed by atoms with Crippen molar-refractivity contribution >= 4 is 37.4 Å². The van der Waals surface area contributed by atoms with Gasteiger partial charge in [-0.2, -0.15) is 0 Å². The number of thiophene rings is 1. The first kappa shape index (κ1) is 9.96. The van der Waals surface area contributed by atoms with Crippen LogP contribution in [-0.4, -0.2) is 12.2 Å². The number of ether oxygens (including phenoxy) is 1. The van der Waals surface area contributed by atoms with Crippen molar-refractivity contribution in [3.05, 3.63) is 27.5 Å². The summed E-state index contributed by atoms with van der Waals surface area (Å²) in [6.07, 6.45) is 0. The van der Waals surface area contributed by atoms with Gasteiger partial charge in [0.1, 0.15) is 5.75 Å². The maximum atomic E-state index is 9.13. The van der Waals surface area contributed by atoms with E-state index in [-0.39, 0.29) is 6.61 Å². The van der Waals surface area contributed by atoms with E-state index in [0.29, 0.717) is 0 Å². The van der Waals surface area contributed by atoms with E-state index in [0.717, 1.165) is 25.9 Å². The molecule has 0 radical (unpaired) electrons. The van der Waals surface area contributed by atoms with Gasteiger partial charge in [-0.25, -0.2) is 0 Å². The van der Waals surface area contributed by atoms with E-state index in [2.05, 4.69) is 15.9 Å². The van der Waals surface area contributed by atoms with Gasteiger partial charge in [-0.1, -0.05) is 0 Å². The highest BCUT2D eigenvalue weighted by molar-refractivity contribution is 9.10. The van der Waals surface area contributed by atoms with Gasteiger partial charge >= 0.3 is 0 Å². The largest absolute Gasteiger partial charge is 0.497 e. The molecule has 14 heavy (non-hydrogen) atoms. The van der Waals surface area contributed by atoms with Crippen molar-refractivity contribution in [2.45, 2.75) is 6.61 Å². The predicted molar refractivity (Wildman–Crippen MR) is 62.0 cm³/mol. The molecule has 0 saturated heterocycles. The summed E-state index contributed by atoms with van der Waals surface area (Å²) in [4.78, 5) is 0. The zero-order valence-corrected chi connectivity index (χ0v) is 9.98. The minimum absolute atomic E-state index is 0.0743. The second kappa shape index (κ2) is 3.88. The Morgan fingerprint density at radius 3 is 2.93 bits per heavy atom. The average molecular weight is 273 g/mol. The standard InChI is InChI=1S/C10H9BrO2S/c1-13-7-2-8(11)10-6(4-12)5-14-9(10)3-7/h2-3,5,12H,4H2,1H3. The lowest BCUT2D eigenvalue weighted by molar-refractivity contribution is 0.283. The third kappa shape index (κ3) is 1.54. The van der Waals surface area contributed by atoms with Gasteiger partial charge in [0.15, 0.2) is 0 Å². The summed E-state index contributed by atoms with van der Waals surface area (Å²) < 4.78 is 7.26. The van der Waals surface area contributed by atoms with E-state index in [4.69, 9.17) is 9.84 Å². The van der Waals surface area contributed by atoms with Crippen molar-refractivity contribution in [3.8, 4) is 5.75 Å². The number of hydrogen-bond donors (Lipinski definition) is 1. The van der Waals surface area contributed by atoms with Crippen molar-refractivity contribution in [1.29, 1.82) is 0 Å². The molecule has 0 aliphatic heterocycles. The van der Waals surface area contributed by atoms with Gasteiger partial charge in [0, 0.05) is 14.6 Å². The van der Waals surface area contributed by atoms with Gasteiger partial charge < -0.3 is 9.84 Å². The zero-order valence-electron chi connectivity index (χ0n) is 7.58. The van der Waals surface area contributed by atoms with Crippen LogP contribution in [0.15, 0.2) is 22.0 Å². The molecule has 0 saturated carbocycles. The second-order valence-corrected chi connectivity index (χ2v) is 4.67. The van der Waals surface area contributed by atoms with Gasteiger partial charge in [-0.3, -0.25) is 0 Å². The van der Waals surface area contributed by atoms with Crippen LogP contribution in [0.5, 0.6) is 5.75 Å². The highest BCUT2D eigenvalue weighted by atomic mass is 79.9. The highest BCUT2D eigenvalue weighted by Crippen LogP contribution is 2.35. The number of fused-ring (bicyclic) bond motifs is 1. The Morgan fingerprint density at radius 1 is 1.50 bits per heavy atom. The number of aliphatic hydroxyl groups excluding tert-OH is 1. The summed E-state index contributed by atoms with van der Waals surface area (Å²) in [6.45, 7) is 0.0743. The molecular formula is C10H9BrO2S. The van der Waals surface area contributed by atoms with E-state index in [1.165, 1.54) is 0 Å². The van der Waals surface area contributed by atoms with Crippen LogP contribution in [0.4, 0.5) is 0 Å². The molecule has 0 aliphatic rings. The van der Waals surface area contributed by atoms with Crippen LogP contribution in [0.1, 0.15) is 5.56 Å². The molecule has 4 heteroatoms. The van der Waals surface area contributed by atoms with Crippen LogP contribution >= 0.6 is 27.3 Å². The minimum atomic E-state index is 0.0743. The summed E-state index contributed by atoms with van der Waals surface area (Å²) in [5.41, 5.74) is 0.958. The Balaban J connectivity index is 2.72. The molecule has 74 valence electrons. The Kier molecular flexibility index (Phi) is 2.76. The lowest BCUT2D eigenvalue weighted by Crippen LogP contribution is -1.84. The van der Waals surface area contributed by atoms with E-state index < -0.39 is 0 Å². The molecule has 0 bridgehead atoms. The van der Waals surface area contributed by atoms with Gasteiger partial charge in [0.05, 0.1) is 13.7 Å². The Morgan fingerprint density at radius 2 is 2.29 bits per heavy atom. The maximum absolute atomic E-state index is 9.13. The van der Waals surface area contributed by atoms with Gasteiger partial charge in [0.25, 0.3) is 0 Å². The number of halogens is 1. The quantitative estimate of drug-likeness (QED) is 0.910. The number of hydrogen-bond acceptors (Lipinski definition) is 3. The molecule has 0 unspecified atom stereocenters. The van der Waals surface area contributed by atoms with Crippen LogP contribution in [0.25, 0.3) is 10.1 Å². The Bertz CT molecular complexity index is 464. The molecule has 1 heterocycles. The first-order valence-electron chi connectivity index (χ1n) is 4.10. The van der Waals surface area contributed by atoms with Crippen LogP contribution in [0, 0.1) is 0 Å². The average Bonchev–Trinajstić information content (AvgIpc) is 2.61. The normalized spacial score (nSPS) is 10.8. The van der Waals surface area contributed by atoms with Crippen molar-refractivity contribution in [1.82, 2.24) is 0 Å². The van der Waals surface area contributed by atoms with Gasteiger partial charge in [0.2, 0.25) is 0 Å². The first-order chi connectivity index (χ1) is 6.76. The van der Waals surface area contributed by atoms with E-state index in [1.807, 2.05) is 17.5 Å². The number of aliphatic hydroxyl groups is 1. The maximum Gasteiger partial charge on any atom is 0.121 e. The third-order valence-corrected chi connectivity index (χ3v) is 3.69. The molecule has 0 aliphatic carbocycles. The van der Waals surface area contributed by atoms with Crippen LogP contribution < -0.4 is 4.74 Å². The fourth-order valence-electron chi connectivity index (χ4n) is 1.39. The Hall–Kier alpha value is -0.580. The molecule has 2 rings (SSSR count). The predicted octanol–water partition coefficient (Wildman–Crippen LogP) is 3.16. The smallest absolute Gasteiger partial charge is 0.121 e. The SMILES string of the molecule is COc1cc(Br)c2c(CO)csc2c1. The molecule has 2 nitrogen and oxygen atoms in total. The summed E-state index contributed by atoms with van der Waals surface area (Å²) in [6, 6.07) is 3.89. The molecule has 0 fully saturated rings. The molecule has 1 N–H and O–H groups in total. The van der Waals surface area contributed by atoms with E-state index in [1.54, 1.807) is 18.4 Å². The fourth-order valence-corrected chi connectivity index (χ4v) is 3.22. The molecule has 2 aromatic rings. The monoisotopic (exact) mass is 272 g/mol. The summed E-state index contributed by atoms with van der Waals surface area (Å²) in [5, 5.41) is 12.2. The van der Waals surface area contributed by atoms with E-state index >= 15 is 0 Å². The summed E-state index contributed by atoms with van der Waals surface area (Å²) in [7, 11) is 1.65. The number of methoxy groups -OCH3 is 1. The van der Waals surface area contributed by atoms with Crippen molar-refractivity contribution < 1.29 is 9.84 Å². The molecular weight excluding hydrogens is 264 g/mol. The first-order valence-corrected chi connectivity index (χ1v) is 5.78. The van der Waals surface area contributed by atoms with Gasteiger partial charge in [-0.15, -0.1) is 11.3 Å². The second-order valence-electron chi connectivity index (χ2n) is 2.90. The van der Waals surface area contributed by atoms with Crippen LogP contribution in [0.2, 0.25) is 0 Å². The highest BCUT2D eigenvalue weighted by Gasteiger charge is 2.08. The zero-order chi connectivity index (χ0) is 10.1. The number of benzene rings is 1. The van der Waals surface area contributed by atoms with Crippen molar-refractivity contribution in [2.24, 2.45) is 0 Å². The molecule has 0 atom stereocenters. The van der Waals surface area contributed by atoms with Crippen molar-refractivity contribution in [3.63, 3.8) is 0 Å². The van der Waals surface area contributed by atoms with Gasteiger partial charge in [-0.05, 0) is 39.0 Å². The minimum Gasteiger partial charge on any atom is -0.497 e. The summed E-state index contributed by atoms with van der Waals surface area (Å²) >= 11 is 5.09. The molecule has 0 spiro atoms. The molecule has 0 amide bonds.